The Kier molecular flexibility index (Phi) is 4.19. The molecule has 0 radical (unpaired) electrons. The second kappa shape index (κ2) is 6.43. The van der Waals surface area contributed by atoms with E-state index in [1.54, 1.807) is 0 Å². The molecule has 1 aliphatic rings. The zero-order valence-electron chi connectivity index (χ0n) is 12.7. The quantitative estimate of drug-likeness (QED) is 0.832. The van der Waals surface area contributed by atoms with Gasteiger partial charge in [-0.25, -0.2) is 9.98 Å². The van der Waals surface area contributed by atoms with Crippen molar-refractivity contribution in [3.63, 3.8) is 0 Å². The fourth-order valence-electron chi connectivity index (χ4n) is 2.34. The molecular weight excluding hydrogens is 276 g/mol. The first-order valence-electron chi connectivity index (χ1n) is 7.45. The van der Waals surface area contributed by atoms with E-state index < -0.39 is 0 Å². The molecule has 1 aliphatic heterocycles. The van der Waals surface area contributed by atoms with E-state index in [-0.39, 0.29) is 0 Å². The summed E-state index contributed by atoms with van der Waals surface area (Å²) in [6.07, 6.45) is 0. The maximum atomic E-state index is 5.74. The van der Waals surface area contributed by atoms with Crippen LogP contribution in [0.2, 0.25) is 0 Å². The largest absolute Gasteiger partial charge is 0.477 e. The van der Waals surface area contributed by atoms with Crippen LogP contribution in [-0.4, -0.2) is 25.0 Å². The summed E-state index contributed by atoms with van der Waals surface area (Å²) >= 11 is 0. The molecule has 0 bridgehead atoms. The number of hydrogen-bond acceptors (Lipinski definition) is 4. The van der Waals surface area contributed by atoms with Crippen LogP contribution in [0.15, 0.2) is 58.5 Å². The van der Waals surface area contributed by atoms with Crippen LogP contribution in [0, 0.1) is 0 Å². The molecule has 112 valence electrons. The highest BCUT2D eigenvalue weighted by atomic mass is 16.5. The third-order valence-electron chi connectivity index (χ3n) is 3.28. The van der Waals surface area contributed by atoms with Crippen molar-refractivity contribution in [2.45, 2.75) is 13.8 Å². The van der Waals surface area contributed by atoms with E-state index in [1.165, 1.54) is 0 Å². The molecule has 1 heterocycles. The van der Waals surface area contributed by atoms with E-state index in [9.17, 15) is 0 Å². The van der Waals surface area contributed by atoms with Gasteiger partial charge in [0.2, 0.25) is 11.8 Å². The molecule has 0 spiro atoms. The van der Waals surface area contributed by atoms with Crippen molar-refractivity contribution in [2.24, 2.45) is 9.98 Å². The lowest BCUT2D eigenvalue weighted by atomic mass is 10.1. The summed E-state index contributed by atoms with van der Waals surface area (Å²) in [5.41, 5.74) is 3.34. The Balaban J connectivity index is 2.24. The Morgan fingerprint density at radius 3 is 1.50 bits per heavy atom. The Bertz CT molecular complexity index is 672. The van der Waals surface area contributed by atoms with Gasteiger partial charge < -0.3 is 9.47 Å². The zero-order valence-corrected chi connectivity index (χ0v) is 12.7. The summed E-state index contributed by atoms with van der Waals surface area (Å²) in [6, 6.07) is 15.6. The monoisotopic (exact) mass is 294 g/mol. The molecule has 0 aromatic heterocycles. The minimum Gasteiger partial charge on any atom is -0.477 e. The maximum Gasteiger partial charge on any atom is 0.223 e. The standard InChI is InChI=1S/C18H18N2O2/c1-3-21-17-13-9-5-7-11-15(13)20-18(22-4-2)14-10-6-8-12-16(14)19-17/h5-12H,3-4H2,1-2H3. The molecule has 4 heteroatoms. The van der Waals surface area contributed by atoms with Gasteiger partial charge in [0.1, 0.15) is 0 Å². The minimum atomic E-state index is 0.553. The van der Waals surface area contributed by atoms with E-state index in [4.69, 9.17) is 19.5 Å². The number of para-hydroxylation sites is 2. The summed E-state index contributed by atoms with van der Waals surface area (Å²) in [4.78, 5) is 9.39. The number of benzene rings is 2. The van der Waals surface area contributed by atoms with Crippen molar-refractivity contribution in [3.05, 3.63) is 59.7 Å². The fraction of sp³-hybridized carbons (Fsp3) is 0.222. The van der Waals surface area contributed by atoms with Gasteiger partial charge in [0, 0.05) is 0 Å². The Hall–Kier alpha value is -2.62. The van der Waals surface area contributed by atoms with Gasteiger partial charge in [-0.1, -0.05) is 24.3 Å². The highest BCUT2D eigenvalue weighted by Crippen LogP contribution is 2.29. The molecule has 0 amide bonds. The van der Waals surface area contributed by atoms with Crippen LogP contribution in [0.25, 0.3) is 0 Å². The molecule has 2 aromatic carbocycles. The molecule has 3 rings (SSSR count). The van der Waals surface area contributed by atoms with Gasteiger partial charge in [-0.3, -0.25) is 0 Å². The molecular formula is C18H18N2O2. The fourth-order valence-corrected chi connectivity index (χ4v) is 2.34. The number of ether oxygens (including phenoxy) is 2. The first-order chi connectivity index (χ1) is 10.8. The summed E-state index contributed by atoms with van der Waals surface area (Å²) in [5, 5.41) is 0. The van der Waals surface area contributed by atoms with Crippen LogP contribution in [0.3, 0.4) is 0 Å². The van der Waals surface area contributed by atoms with Gasteiger partial charge in [0.25, 0.3) is 0 Å². The van der Waals surface area contributed by atoms with E-state index >= 15 is 0 Å². The van der Waals surface area contributed by atoms with Crippen molar-refractivity contribution >= 4 is 23.2 Å². The SMILES string of the molecule is CCOC1=Nc2ccccc2C(OCC)=Nc2ccccc21. The molecule has 0 atom stereocenters. The lowest BCUT2D eigenvalue weighted by Gasteiger charge is -2.16. The van der Waals surface area contributed by atoms with E-state index in [0.29, 0.717) is 25.0 Å². The van der Waals surface area contributed by atoms with Crippen LogP contribution in [-0.2, 0) is 9.47 Å². The molecule has 22 heavy (non-hydrogen) atoms. The van der Waals surface area contributed by atoms with Crippen LogP contribution >= 0.6 is 0 Å². The smallest absolute Gasteiger partial charge is 0.223 e. The number of rotatable bonds is 2. The summed E-state index contributed by atoms with van der Waals surface area (Å²) in [5.74, 6) is 1.18. The molecule has 2 aromatic rings. The molecule has 4 nitrogen and oxygen atoms in total. The van der Waals surface area contributed by atoms with Gasteiger partial charge in [-0.2, -0.15) is 0 Å². The van der Waals surface area contributed by atoms with Crippen molar-refractivity contribution < 1.29 is 9.47 Å². The van der Waals surface area contributed by atoms with Crippen molar-refractivity contribution in [2.75, 3.05) is 13.2 Å². The van der Waals surface area contributed by atoms with Gasteiger partial charge in [-0.05, 0) is 38.1 Å². The van der Waals surface area contributed by atoms with Crippen LogP contribution < -0.4 is 0 Å². The lowest BCUT2D eigenvalue weighted by molar-refractivity contribution is 0.326. The summed E-state index contributed by atoms with van der Waals surface area (Å²) in [7, 11) is 0. The van der Waals surface area contributed by atoms with Crippen molar-refractivity contribution in [3.8, 4) is 0 Å². The predicted molar refractivity (Wildman–Crippen MR) is 88.5 cm³/mol. The molecule has 0 saturated carbocycles. The summed E-state index contributed by atoms with van der Waals surface area (Å²) in [6.45, 7) is 5.00. The first-order valence-corrected chi connectivity index (χ1v) is 7.45. The van der Waals surface area contributed by atoms with Crippen LogP contribution in [0.4, 0.5) is 11.4 Å². The minimum absolute atomic E-state index is 0.553. The van der Waals surface area contributed by atoms with Crippen molar-refractivity contribution in [1.82, 2.24) is 0 Å². The Labute approximate surface area is 130 Å². The normalized spacial score (nSPS) is 13.0. The van der Waals surface area contributed by atoms with Gasteiger partial charge in [-0.15, -0.1) is 0 Å². The summed E-state index contributed by atoms with van der Waals surface area (Å²) < 4.78 is 11.5. The van der Waals surface area contributed by atoms with E-state index in [0.717, 1.165) is 22.5 Å². The Morgan fingerprint density at radius 1 is 0.682 bits per heavy atom. The van der Waals surface area contributed by atoms with E-state index in [1.807, 2.05) is 62.4 Å². The molecule has 0 fully saturated rings. The number of nitrogens with zero attached hydrogens (tertiary/aromatic N) is 2. The van der Waals surface area contributed by atoms with Gasteiger partial charge >= 0.3 is 0 Å². The predicted octanol–water partition coefficient (Wildman–Crippen LogP) is 4.23. The average Bonchev–Trinajstić information content (AvgIpc) is 2.54. The second-order valence-electron chi connectivity index (χ2n) is 4.73. The van der Waals surface area contributed by atoms with Gasteiger partial charge in [0.15, 0.2) is 0 Å². The number of fused-ring (bicyclic) bond motifs is 2. The first kappa shape index (κ1) is 14.3. The third-order valence-corrected chi connectivity index (χ3v) is 3.28. The molecule has 0 saturated heterocycles. The zero-order chi connectivity index (χ0) is 15.4. The number of hydrogen-bond donors (Lipinski definition) is 0. The topological polar surface area (TPSA) is 43.2 Å². The highest BCUT2D eigenvalue weighted by molar-refractivity contribution is 6.07. The maximum absolute atomic E-state index is 5.74. The molecule has 0 aliphatic carbocycles. The number of aliphatic imine (C=N–C) groups is 2. The highest BCUT2D eigenvalue weighted by Gasteiger charge is 2.18. The average molecular weight is 294 g/mol. The Morgan fingerprint density at radius 2 is 1.09 bits per heavy atom. The third kappa shape index (κ3) is 2.72. The van der Waals surface area contributed by atoms with Crippen LogP contribution in [0.1, 0.15) is 25.0 Å². The van der Waals surface area contributed by atoms with Crippen molar-refractivity contribution in [1.29, 1.82) is 0 Å². The lowest BCUT2D eigenvalue weighted by Crippen LogP contribution is -2.12. The van der Waals surface area contributed by atoms with Gasteiger partial charge in [0.05, 0.1) is 35.7 Å². The molecule has 0 unspecified atom stereocenters. The molecule has 0 N–H and O–H groups in total. The van der Waals surface area contributed by atoms with Crippen LogP contribution in [0.5, 0.6) is 0 Å². The van der Waals surface area contributed by atoms with E-state index in [2.05, 4.69) is 0 Å². The second-order valence-corrected chi connectivity index (χ2v) is 4.73.